The maximum atomic E-state index is 10.1. The van der Waals surface area contributed by atoms with Gasteiger partial charge in [-0.3, -0.25) is 0 Å². The van der Waals surface area contributed by atoms with Crippen LogP contribution in [0.15, 0.2) is 12.1 Å². The molecule has 0 aromatic heterocycles. The fourth-order valence-corrected chi connectivity index (χ4v) is 2.75. The second kappa shape index (κ2) is 3.98. The van der Waals surface area contributed by atoms with Crippen LogP contribution in [0, 0.1) is 6.92 Å². The van der Waals surface area contributed by atoms with Crippen molar-refractivity contribution in [1.82, 2.24) is 0 Å². The minimum atomic E-state index is -0.0808. The highest BCUT2D eigenvalue weighted by Gasteiger charge is 2.36. The molecule has 1 aliphatic carbocycles. The van der Waals surface area contributed by atoms with Crippen molar-refractivity contribution in [2.24, 2.45) is 5.73 Å². The van der Waals surface area contributed by atoms with E-state index in [1.165, 1.54) is 0 Å². The zero-order chi connectivity index (χ0) is 11.8. The van der Waals surface area contributed by atoms with Crippen LogP contribution >= 0.6 is 0 Å². The van der Waals surface area contributed by atoms with Crippen LogP contribution in [0.3, 0.4) is 0 Å². The number of phenols is 2. The number of hydrogen-bond acceptors (Lipinski definition) is 3. The lowest BCUT2D eigenvalue weighted by Gasteiger charge is -2.29. The summed E-state index contributed by atoms with van der Waals surface area (Å²) in [6, 6.07) is 3.47. The molecule has 2 rings (SSSR count). The molecule has 88 valence electrons. The zero-order valence-corrected chi connectivity index (χ0v) is 9.66. The molecule has 0 spiro atoms. The maximum absolute atomic E-state index is 10.1. The lowest BCUT2D eigenvalue weighted by molar-refractivity contribution is 0.396. The maximum Gasteiger partial charge on any atom is 0.125 e. The predicted molar refractivity (Wildman–Crippen MR) is 63.7 cm³/mol. The number of phenolic OH excluding ortho intramolecular Hbond substituents is 2. The normalized spacial score (nSPS) is 18.9. The molecule has 0 bridgehead atoms. The van der Waals surface area contributed by atoms with E-state index in [4.69, 9.17) is 5.73 Å². The smallest absolute Gasteiger partial charge is 0.125 e. The second-order valence-corrected chi connectivity index (χ2v) is 4.80. The third kappa shape index (κ3) is 1.55. The molecule has 1 fully saturated rings. The Morgan fingerprint density at radius 1 is 1.25 bits per heavy atom. The first kappa shape index (κ1) is 11.3. The minimum absolute atomic E-state index is 0.0808. The molecule has 0 atom stereocenters. The highest BCUT2D eigenvalue weighted by molar-refractivity contribution is 5.51. The average Bonchev–Trinajstić information content (AvgIpc) is 2.76. The van der Waals surface area contributed by atoms with Gasteiger partial charge < -0.3 is 15.9 Å². The highest BCUT2D eigenvalue weighted by Crippen LogP contribution is 2.45. The van der Waals surface area contributed by atoms with Crippen molar-refractivity contribution in [1.29, 1.82) is 0 Å². The van der Waals surface area contributed by atoms with Gasteiger partial charge in [0.05, 0.1) is 0 Å². The van der Waals surface area contributed by atoms with Crippen molar-refractivity contribution in [3.63, 3.8) is 0 Å². The molecule has 0 saturated heterocycles. The zero-order valence-electron chi connectivity index (χ0n) is 9.66. The van der Waals surface area contributed by atoms with Crippen LogP contribution in [0.25, 0.3) is 0 Å². The van der Waals surface area contributed by atoms with E-state index in [0.717, 1.165) is 31.2 Å². The van der Waals surface area contributed by atoms with E-state index in [1.807, 2.05) is 6.07 Å². The summed E-state index contributed by atoms with van der Waals surface area (Å²) in [5, 5.41) is 19.7. The SMILES string of the molecule is Cc1c(O)ccc(C2(CN)CCCC2)c1O. The van der Waals surface area contributed by atoms with Crippen LogP contribution < -0.4 is 5.73 Å². The van der Waals surface area contributed by atoms with Gasteiger partial charge in [-0.05, 0) is 25.8 Å². The van der Waals surface area contributed by atoms with Crippen LogP contribution in [0.1, 0.15) is 36.8 Å². The van der Waals surface area contributed by atoms with E-state index in [0.29, 0.717) is 12.1 Å². The van der Waals surface area contributed by atoms with Crippen LogP contribution in [-0.2, 0) is 5.41 Å². The number of hydrogen-bond donors (Lipinski definition) is 3. The summed E-state index contributed by atoms with van der Waals surface area (Å²) in [5.41, 5.74) is 7.26. The van der Waals surface area contributed by atoms with Gasteiger partial charge in [-0.2, -0.15) is 0 Å². The summed E-state index contributed by atoms with van der Waals surface area (Å²) in [4.78, 5) is 0. The highest BCUT2D eigenvalue weighted by atomic mass is 16.3. The molecule has 0 radical (unpaired) electrons. The fourth-order valence-electron chi connectivity index (χ4n) is 2.75. The molecule has 4 N–H and O–H groups in total. The summed E-state index contributed by atoms with van der Waals surface area (Å²) < 4.78 is 0. The van der Waals surface area contributed by atoms with Crippen molar-refractivity contribution in [2.75, 3.05) is 6.54 Å². The first-order valence-electron chi connectivity index (χ1n) is 5.83. The molecular weight excluding hydrogens is 202 g/mol. The van der Waals surface area contributed by atoms with Gasteiger partial charge in [0.2, 0.25) is 0 Å². The van der Waals surface area contributed by atoms with E-state index in [1.54, 1.807) is 13.0 Å². The standard InChI is InChI=1S/C13H19NO2/c1-9-11(15)5-4-10(12(9)16)13(8-14)6-2-3-7-13/h4-5,15-16H,2-3,6-8,14H2,1H3. The minimum Gasteiger partial charge on any atom is -0.508 e. The van der Waals surface area contributed by atoms with Gasteiger partial charge in [0.25, 0.3) is 0 Å². The Morgan fingerprint density at radius 2 is 1.88 bits per heavy atom. The van der Waals surface area contributed by atoms with Crippen molar-refractivity contribution in [3.8, 4) is 11.5 Å². The largest absolute Gasteiger partial charge is 0.508 e. The van der Waals surface area contributed by atoms with Crippen LogP contribution in [0.5, 0.6) is 11.5 Å². The van der Waals surface area contributed by atoms with Gasteiger partial charge in [-0.1, -0.05) is 18.9 Å². The topological polar surface area (TPSA) is 66.5 Å². The quantitative estimate of drug-likeness (QED) is 0.717. The average molecular weight is 221 g/mol. The summed E-state index contributed by atoms with van der Waals surface area (Å²) in [5.74, 6) is 0.360. The lowest BCUT2D eigenvalue weighted by Crippen LogP contribution is -2.32. The summed E-state index contributed by atoms with van der Waals surface area (Å²) in [6.07, 6.45) is 4.38. The molecule has 3 heteroatoms. The third-order valence-corrected chi connectivity index (χ3v) is 3.93. The summed E-state index contributed by atoms with van der Waals surface area (Å²) >= 11 is 0. The van der Waals surface area contributed by atoms with Crippen LogP contribution in [0.4, 0.5) is 0 Å². The Hall–Kier alpha value is -1.22. The lowest BCUT2D eigenvalue weighted by atomic mass is 9.78. The monoisotopic (exact) mass is 221 g/mol. The molecular formula is C13H19NO2. The van der Waals surface area contributed by atoms with Gasteiger partial charge >= 0.3 is 0 Å². The fraction of sp³-hybridized carbons (Fsp3) is 0.538. The van der Waals surface area contributed by atoms with Crippen molar-refractivity contribution in [2.45, 2.75) is 38.0 Å². The predicted octanol–water partition coefficient (Wildman–Crippen LogP) is 2.18. The van der Waals surface area contributed by atoms with E-state index >= 15 is 0 Å². The molecule has 0 aliphatic heterocycles. The van der Waals surface area contributed by atoms with Gasteiger partial charge in [0, 0.05) is 23.1 Å². The Balaban J connectivity index is 2.51. The first-order chi connectivity index (χ1) is 7.60. The van der Waals surface area contributed by atoms with Gasteiger partial charge in [-0.25, -0.2) is 0 Å². The third-order valence-electron chi connectivity index (χ3n) is 3.93. The van der Waals surface area contributed by atoms with Gasteiger partial charge in [-0.15, -0.1) is 0 Å². The Labute approximate surface area is 95.9 Å². The van der Waals surface area contributed by atoms with Crippen molar-refractivity contribution in [3.05, 3.63) is 23.3 Å². The summed E-state index contributed by atoms with van der Waals surface area (Å²) in [6.45, 7) is 2.29. The van der Waals surface area contributed by atoms with E-state index in [2.05, 4.69) is 0 Å². The van der Waals surface area contributed by atoms with E-state index in [-0.39, 0.29) is 16.9 Å². The van der Waals surface area contributed by atoms with Crippen LogP contribution in [0.2, 0.25) is 0 Å². The molecule has 0 unspecified atom stereocenters. The first-order valence-corrected chi connectivity index (χ1v) is 5.83. The van der Waals surface area contributed by atoms with Gasteiger partial charge in [0.1, 0.15) is 11.5 Å². The number of rotatable bonds is 2. The molecule has 1 saturated carbocycles. The molecule has 0 heterocycles. The van der Waals surface area contributed by atoms with E-state index < -0.39 is 0 Å². The van der Waals surface area contributed by atoms with Gasteiger partial charge in [0.15, 0.2) is 0 Å². The molecule has 1 aliphatic rings. The number of benzene rings is 1. The van der Waals surface area contributed by atoms with E-state index in [9.17, 15) is 10.2 Å². The Bertz CT molecular complexity index is 395. The number of nitrogens with two attached hydrogens (primary N) is 1. The Kier molecular flexibility index (Phi) is 2.80. The molecule has 0 amide bonds. The molecule has 1 aromatic rings. The summed E-state index contributed by atoms with van der Waals surface area (Å²) in [7, 11) is 0. The second-order valence-electron chi connectivity index (χ2n) is 4.80. The molecule has 1 aromatic carbocycles. The van der Waals surface area contributed by atoms with Crippen molar-refractivity contribution >= 4 is 0 Å². The number of aromatic hydroxyl groups is 2. The Morgan fingerprint density at radius 3 is 2.44 bits per heavy atom. The molecule has 16 heavy (non-hydrogen) atoms. The molecule has 3 nitrogen and oxygen atoms in total. The van der Waals surface area contributed by atoms with Crippen molar-refractivity contribution < 1.29 is 10.2 Å². The van der Waals surface area contributed by atoms with Crippen LogP contribution in [-0.4, -0.2) is 16.8 Å².